The summed E-state index contributed by atoms with van der Waals surface area (Å²) in [7, 11) is 0. The van der Waals surface area contributed by atoms with E-state index in [0.29, 0.717) is 49.1 Å². The van der Waals surface area contributed by atoms with E-state index in [1.54, 1.807) is 24.3 Å². The van der Waals surface area contributed by atoms with Gasteiger partial charge in [-0.15, -0.1) is 0 Å². The van der Waals surface area contributed by atoms with Crippen molar-refractivity contribution in [2.24, 2.45) is 0 Å². The van der Waals surface area contributed by atoms with E-state index in [9.17, 15) is 19.8 Å². The monoisotopic (exact) mass is 346 g/mol. The van der Waals surface area contributed by atoms with Crippen molar-refractivity contribution in [2.45, 2.75) is 44.4 Å². The lowest BCUT2D eigenvalue weighted by Crippen LogP contribution is -2.25. The summed E-state index contributed by atoms with van der Waals surface area (Å²) in [4.78, 5) is 25.0. The lowest BCUT2D eigenvalue weighted by atomic mass is 9.74. The molecule has 2 N–H and O–H groups in total. The third-order valence-electron chi connectivity index (χ3n) is 4.62. The molecule has 2 aliphatic rings. The normalized spacial score (nSPS) is 19.4. The Balaban J connectivity index is 2.22. The Morgan fingerprint density at radius 2 is 1.42 bits per heavy atom. The molecular formula is C19H19ClO4. The minimum absolute atomic E-state index is 0.00917. The Morgan fingerprint density at radius 1 is 0.875 bits per heavy atom. The van der Waals surface area contributed by atoms with Crippen molar-refractivity contribution in [1.29, 1.82) is 0 Å². The van der Waals surface area contributed by atoms with E-state index in [2.05, 4.69) is 0 Å². The topological polar surface area (TPSA) is 74.6 Å². The second-order valence-corrected chi connectivity index (χ2v) is 6.70. The zero-order chi connectivity index (χ0) is 17.3. The number of halogens is 1. The number of rotatable bonds is 3. The molecule has 0 fully saturated rings. The average molecular weight is 347 g/mol. The molecule has 0 heterocycles. The first-order valence-corrected chi connectivity index (χ1v) is 8.52. The predicted molar refractivity (Wildman–Crippen MR) is 91.2 cm³/mol. The molecule has 4 nitrogen and oxygen atoms in total. The van der Waals surface area contributed by atoms with E-state index in [0.717, 1.165) is 0 Å². The fourth-order valence-electron chi connectivity index (χ4n) is 3.51. The van der Waals surface area contributed by atoms with Gasteiger partial charge in [-0.2, -0.15) is 0 Å². The highest BCUT2D eigenvalue weighted by molar-refractivity contribution is 6.30. The minimum atomic E-state index is -0.760. The van der Waals surface area contributed by atoms with Gasteiger partial charge in [0.1, 0.15) is 0 Å². The molecule has 0 spiro atoms. The molecule has 0 radical (unpaired) electrons. The van der Waals surface area contributed by atoms with E-state index in [4.69, 9.17) is 11.6 Å². The lowest BCUT2D eigenvalue weighted by Gasteiger charge is -2.28. The Morgan fingerprint density at radius 3 is 1.88 bits per heavy atom. The van der Waals surface area contributed by atoms with Gasteiger partial charge >= 0.3 is 0 Å². The van der Waals surface area contributed by atoms with Crippen molar-refractivity contribution < 1.29 is 19.8 Å². The fraction of sp³-hybridized carbons (Fsp3) is 0.368. The minimum Gasteiger partial charge on any atom is -0.512 e. The molecule has 126 valence electrons. The molecule has 0 amide bonds. The maximum Gasteiger partial charge on any atom is 0.163 e. The number of carbonyl (C=O) groups excluding carboxylic acids is 2. The second kappa shape index (κ2) is 6.81. The molecule has 0 unspecified atom stereocenters. The van der Waals surface area contributed by atoms with Crippen LogP contribution in [0.25, 0.3) is 0 Å². The average Bonchev–Trinajstić information content (AvgIpc) is 2.53. The van der Waals surface area contributed by atoms with Gasteiger partial charge in [-0.3, -0.25) is 9.59 Å². The summed E-state index contributed by atoms with van der Waals surface area (Å²) in [6.45, 7) is 0. The van der Waals surface area contributed by atoms with E-state index >= 15 is 0 Å². The smallest absolute Gasteiger partial charge is 0.163 e. The number of Topliss-reactive ketones (excluding diaryl/α,β-unsaturated/α-hetero) is 2. The summed E-state index contributed by atoms with van der Waals surface area (Å²) < 4.78 is 0. The molecular weight excluding hydrogens is 328 g/mol. The summed E-state index contributed by atoms with van der Waals surface area (Å²) in [5.74, 6) is -1.10. The second-order valence-electron chi connectivity index (χ2n) is 6.26. The van der Waals surface area contributed by atoms with Gasteiger partial charge in [0, 0.05) is 47.8 Å². The Hall–Kier alpha value is -2.07. The Kier molecular flexibility index (Phi) is 4.76. The number of hydrogen-bond donors (Lipinski definition) is 2. The summed E-state index contributed by atoms with van der Waals surface area (Å²) in [5, 5.41) is 21.2. The third-order valence-corrected chi connectivity index (χ3v) is 4.85. The van der Waals surface area contributed by atoms with Crippen molar-refractivity contribution >= 4 is 23.2 Å². The highest BCUT2D eigenvalue weighted by Gasteiger charge is 2.37. The number of carbonyl (C=O) groups is 2. The molecule has 1 aromatic rings. The van der Waals surface area contributed by atoms with Crippen LogP contribution in [0.5, 0.6) is 0 Å². The lowest BCUT2D eigenvalue weighted by molar-refractivity contribution is -0.117. The van der Waals surface area contributed by atoms with Crippen LogP contribution in [0.2, 0.25) is 5.02 Å². The number of aliphatic hydroxyl groups excluding tert-OH is 2. The van der Waals surface area contributed by atoms with Gasteiger partial charge in [0.05, 0.1) is 11.5 Å². The third kappa shape index (κ3) is 3.11. The first-order valence-electron chi connectivity index (χ1n) is 8.15. The van der Waals surface area contributed by atoms with Crippen LogP contribution in [-0.4, -0.2) is 21.8 Å². The van der Waals surface area contributed by atoms with Crippen LogP contribution in [0, 0.1) is 0 Å². The number of aliphatic hydroxyl groups is 2. The molecule has 0 bridgehead atoms. The summed E-state index contributed by atoms with van der Waals surface area (Å²) in [6.07, 6.45) is 2.66. The molecule has 0 aromatic heterocycles. The quantitative estimate of drug-likeness (QED) is 0.841. The maximum absolute atomic E-state index is 12.5. The van der Waals surface area contributed by atoms with Gasteiger partial charge in [-0.05, 0) is 30.5 Å². The number of benzene rings is 1. The van der Waals surface area contributed by atoms with Gasteiger partial charge in [-0.1, -0.05) is 23.7 Å². The van der Waals surface area contributed by atoms with Crippen molar-refractivity contribution in [3.8, 4) is 0 Å². The summed E-state index contributed by atoms with van der Waals surface area (Å²) in [5.41, 5.74) is 1.08. The van der Waals surface area contributed by atoms with Crippen LogP contribution in [0.1, 0.15) is 50.0 Å². The molecule has 3 rings (SSSR count). The molecule has 0 saturated carbocycles. The van der Waals surface area contributed by atoms with Gasteiger partial charge in [-0.25, -0.2) is 0 Å². The van der Waals surface area contributed by atoms with Crippen LogP contribution >= 0.6 is 11.6 Å². The van der Waals surface area contributed by atoms with Crippen LogP contribution < -0.4 is 0 Å². The molecule has 1 aromatic carbocycles. The van der Waals surface area contributed by atoms with Gasteiger partial charge in [0.25, 0.3) is 0 Å². The van der Waals surface area contributed by atoms with Gasteiger partial charge in [0.15, 0.2) is 11.6 Å². The van der Waals surface area contributed by atoms with E-state index < -0.39 is 5.92 Å². The van der Waals surface area contributed by atoms with E-state index in [1.807, 2.05) is 0 Å². The molecule has 2 aliphatic carbocycles. The fourth-order valence-corrected chi connectivity index (χ4v) is 3.71. The zero-order valence-corrected chi connectivity index (χ0v) is 14.0. The van der Waals surface area contributed by atoms with Gasteiger partial charge in [0.2, 0.25) is 0 Å². The first kappa shape index (κ1) is 16.8. The van der Waals surface area contributed by atoms with Crippen LogP contribution in [-0.2, 0) is 9.59 Å². The first-order chi connectivity index (χ1) is 11.5. The summed E-state index contributed by atoms with van der Waals surface area (Å²) in [6, 6.07) is 6.88. The van der Waals surface area contributed by atoms with Crippen molar-refractivity contribution in [2.75, 3.05) is 0 Å². The molecule has 0 aliphatic heterocycles. The predicted octanol–water partition coefficient (Wildman–Crippen LogP) is 4.55. The molecule has 0 saturated heterocycles. The van der Waals surface area contributed by atoms with Crippen LogP contribution in [0.4, 0.5) is 0 Å². The van der Waals surface area contributed by atoms with Crippen LogP contribution in [0.15, 0.2) is 46.9 Å². The van der Waals surface area contributed by atoms with Crippen molar-refractivity contribution in [3.05, 3.63) is 57.5 Å². The van der Waals surface area contributed by atoms with E-state index in [1.165, 1.54) is 0 Å². The van der Waals surface area contributed by atoms with Crippen molar-refractivity contribution in [3.63, 3.8) is 0 Å². The Bertz CT molecular complexity index is 718. The van der Waals surface area contributed by atoms with Gasteiger partial charge < -0.3 is 10.2 Å². The largest absolute Gasteiger partial charge is 0.512 e. The van der Waals surface area contributed by atoms with E-state index in [-0.39, 0.29) is 34.2 Å². The number of hydrogen-bond acceptors (Lipinski definition) is 4. The Labute approximate surface area is 145 Å². The highest BCUT2D eigenvalue weighted by Crippen LogP contribution is 2.42. The van der Waals surface area contributed by atoms with Crippen LogP contribution in [0.3, 0.4) is 0 Å². The van der Waals surface area contributed by atoms with Crippen molar-refractivity contribution in [1.82, 2.24) is 0 Å². The molecule has 24 heavy (non-hydrogen) atoms. The SMILES string of the molecule is O=C1CCCC(O)=C1C(C1=C(O)CCCC1=O)c1cccc(Cl)c1. The molecule has 5 heteroatoms. The maximum atomic E-state index is 12.5. The number of allylic oxidation sites excluding steroid dienone is 4. The molecule has 0 atom stereocenters. The standard InChI is InChI=1S/C19H19ClO4/c20-12-5-1-4-11(10-12)17(18-13(21)6-2-7-14(18)22)19-15(23)8-3-9-16(19)24/h1,4-5,10,17,21,23H,2-3,6-9H2. The number of ketones is 2. The highest BCUT2D eigenvalue weighted by atomic mass is 35.5. The summed E-state index contributed by atoms with van der Waals surface area (Å²) >= 11 is 6.09. The zero-order valence-electron chi connectivity index (χ0n) is 13.2.